The molecule has 0 fully saturated rings. The van der Waals surface area contributed by atoms with Gasteiger partial charge in [0.05, 0.1) is 0 Å². The third kappa shape index (κ3) is 6.09. The van der Waals surface area contributed by atoms with Crippen molar-refractivity contribution in [3.8, 4) is 5.75 Å². The fraction of sp³-hybridized carbons (Fsp3) is 0.533. The number of carboxylic acids is 1. The number of ether oxygens (including phenoxy) is 1. The van der Waals surface area contributed by atoms with Crippen molar-refractivity contribution in [2.24, 2.45) is 5.41 Å². The summed E-state index contributed by atoms with van der Waals surface area (Å²) in [5.41, 5.74) is 3.00. The summed E-state index contributed by atoms with van der Waals surface area (Å²) in [5.74, 6) is -0.713. The van der Waals surface area contributed by atoms with Gasteiger partial charge in [0, 0.05) is 11.0 Å². The van der Waals surface area contributed by atoms with E-state index in [1.54, 1.807) is 13.0 Å². The Balaban J connectivity index is 2.38. The summed E-state index contributed by atoms with van der Waals surface area (Å²) in [7, 11) is 0. The summed E-state index contributed by atoms with van der Waals surface area (Å²) in [6.45, 7) is 17.6. The monoisotopic (exact) mass is 497 g/mol. The molecule has 2 rings (SSSR count). The molecule has 198 valence electrons. The molecular formula is C30H43NO5. The molecule has 2 aromatic carbocycles. The number of hydrogen-bond donors (Lipinski definition) is 3. The Hall–Kier alpha value is -2.86. The number of amides is 1. The van der Waals surface area contributed by atoms with E-state index in [4.69, 9.17) is 9.84 Å². The minimum atomic E-state index is -1.07. The molecule has 2 atom stereocenters. The summed E-state index contributed by atoms with van der Waals surface area (Å²) in [4.78, 5) is 23.7. The average Bonchev–Trinajstić information content (AvgIpc) is 2.78. The third-order valence-corrected chi connectivity index (χ3v) is 7.80. The lowest BCUT2D eigenvalue weighted by Crippen LogP contribution is -2.45. The number of aryl methyl sites for hydroxylation is 2. The molecule has 0 saturated carbocycles. The van der Waals surface area contributed by atoms with E-state index in [-0.39, 0.29) is 17.4 Å². The van der Waals surface area contributed by atoms with E-state index in [1.807, 2.05) is 52.8 Å². The Morgan fingerprint density at radius 1 is 0.944 bits per heavy atom. The molecule has 0 bridgehead atoms. The van der Waals surface area contributed by atoms with Gasteiger partial charge >= 0.3 is 5.97 Å². The molecule has 0 aliphatic carbocycles. The predicted molar refractivity (Wildman–Crippen MR) is 144 cm³/mol. The minimum Gasteiger partial charge on any atom is -0.490 e. The zero-order valence-corrected chi connectivity index (χ0v) is 23.3. The van der Waals surface area contributed by atoms with Crippen molar-refractivity contribution >= 4 is 11.9 Å². The second-order valence-corrected chi connectivity index (χ2v) is 11.1. The third-order valence-electron chi connectivity index (χ3n) is 7.80. The van der Waals surface area contributed by atoms with Crippen LogP contribution in [0.3, 0.4) is 0 Å². The summed E-state index contributed by atoms with van der Waals surface area (Å²) >= 11 is 0. The highest BCUT2D eigenvalue weighted by Crippen LogP contribution is 2.41. The van der Waals surface area contributed by atoms with E-state index in [9.17, 15) is 14.7 Å². The van der Waals surface area contributed by atoms with Crippen molar-refractivity contribution in [2.75, 3.05) is 6.61 Å². The Kier molecular flexibility index (Phi) is 9.00. The average molecular weight is 498 g/mol. The highest BCUT2D eigenvalue weighted by molar-refractivity contribution is 5.97. The van der Waals surface area contributed by atoms with E-state index >= 15 is 0 Å². The van der Waals surface area contributed by atoms with Crippen molar-refractivity contribution in [2.45, 2.75) is 92.2 Å². The molecule has 0 radical (unpaired) electrons. The van der Waals surface area contributed by atoms with Gasteiger partial charge < -0.3 is 20.3 Å². The van der Waals surface area contributed by atoms with Crippen LogP contribution in [0.4, 0.5) is 0 Å². The maximum atomic E-state index is 12.6. The number of carbonyl (C=O) groups is 2. The molecule has 0 aliphatic heterocycles. The number of carboxylic acid groups (broad SMARTS) is 1. The first kappa shape index (κ1) is 29.4. The minimum absolute atomic E-state index is 0.201. The molecule has 1 amide bonds. The summed E-state index contributed by atoms with van der Waals surface area (Å²) in [5, 5.41) is 22.4. The zero-order chi connectivity index (χ0) is 27.5. The molecule has 0 aliphatic rings. The Morgan fingerprint density at radius 2 is 1.47 bits per heavy atom. The SMILES string of the molecule is CCC(CC)(c1ccc(OCC(C)(O)C(C)(C)C)c(C)c1)c1ccc(C(=O)NC(C)C(=O)O)c(C)c1. The number of hydrogen-bond acceptors (Lipinski definition) is 4. The van der Waals surface area contributed by atoms with Gasteiger partial charge in [0.25, 0.3) is 5.91 Å². The van der Waals surface area contributed by atoms with Crippen molar-refractivity contribution in [1.82, 2.24) is 5.32 Å². The van der Waals surface area contributed by atoms with Gasteiger partial charge in [-0.15, -0.1) is 0 Å². The zero-order valence-electron chi connectivity index (χ0n) is 23.3. The molecule has 0 saturated heterocycles. The van der Waals surface area contributed by atoms with Gasteiger partial charge in [-0.05, 0) is 80.3 Å². The lowest BCUT2D eigenvalue weighted by Gasteiger charge is -2.37. The first-order valence-corrected chi connectivity index (χ1v) is 12.7. The van der Waals surface area contributed by atoms with Crippen LogP contribution < -0.4 is 10.1 Å². The molecular weight excluding hydrogens is 454 g/mol. The molecule has 0 heterocycles. The van der Waals surface area contributed by atoms with E-state index in [2.05, 4.69) is 31.3 Å². The largest absolute Gasteiger partial charge is 0.490 e. The van der Waals surface area contributed by atoms with E-state index in [0.717, 1.165) is 40.8 Å². The topological polar surface area (TPSA) is 95.9 Å². The fourth-order valence-corrected chi connectivity index (χ4v) is 4.33. The number of rotatable bonds is 10. The molecule has 6 heteroatoms. The van der Waals surface area contributed by atoms with Gasteiger partial charge in [0.1, 0.15) is 24.0 Å². The molecule has 3 N–H and O–H groups in total. The number of benzene rings is 2. The Bertz CT molecular complexity index is 1090. The van der Waals surface area contributed by atoms with Crippen LogP contribution in [0.5, 0.6) is 5.75 Å². The molecule has 36 heavy (non-hydrogen) atoms. The van der Waals surface area contributed by atoms with Crippen LogP contribution in [0.1, 0.15) is 93.9 Å². The maximum Gasteiger partial charge on any atom is 0.325 e. The number of aliphatic hydroxyl groups is 1. The lowest BCUT2D eigenvalue weighted by molar-refractivity contribution is -0.138. The Labute approximate surface area is 216 Å². The fourth-order valence-electron chi connectivity index (χ4n) is 4.33. The highest BCUT2D eigenvalue weighted by atomic mass is 16.5. The maximum absolute atomic E-state index is 12.6. The van der Waals surface area contributed by atoms with Crippen LogP contribution in [0.25, 0.3) is 0 Å². The van der Waals surface area contributed by atoms with Crippen LogP contribution in [0, 0.1) is 19.3 Å². The van der Waals surface area contributed by atoms with Gasteiger partial charge in [0.15, 0.2) is 0 Å². The van der Waals surface area contributed by atoms with Crippen molar-refractivity contribution in [1.29, 1.82) is 0 Å². The number of aliphatic carboxylic acids is 1. The van der Waals surface area contributed by atoms with Crippen LogP contribution in [-0.4, -0.2) is 40.3 Å². The molecule has 2 unspecified atom stereocenters. The summed E-state index contributed by atoms with van der Waals surface area (Å²) in [6, 6.07) is 11.1. The predicted octanol–water partition coefficient (Wildman–Crippen LogP) is 5.79. The van der Waals surface area contributed by atoms with Gasteiger partial charge in [-0.1, -0.05) is 58.9 Å². The van der Waals surface area contributed by atoms with Crippen LogP contribution in [0.2, 0.25) is 0 Å². The van der Waals surface area contributed by atoms with Crippen molar-refractivity contribution in [3.63, 3.8) is 0 Å². The van der Waals surface area contributed by atoms with Gasteiger partial charge in [-0.2, -0.15) is 0 Å². The van der Waals surface area contributed by atoms with Gasteiger partial charge in [-0.25, -0.2) is 0 Å². The first-order chi connectivity index (χ1) is 16.6. The number of nitrogens with one attached hydrogen (secondary N) is 1. The van der Waals surface area contributed by atoms with E-state index in [1.165, 1.54) is 6.92 Å². The molecule has 6 nitrogen and oxygen atoms in total. The second kappa shape index (κ2) is 11.0. The Morgan fingerprint density at radius 3 is 1.92 bits per heavy atom. The van der Waals surface area contributed by atoms with Crippen LogP contribution in [-0.2, 0) is 10.2 Å². The standard InChI is InChI=1S/C30H43NO5/c1-10-30(11-2,22-12-14-24(19(3)16-22)26(32)31-21(5)27(33)34)23-13-15-25(20(4)17-23)36-18-29(9,35)28(6,7)8/h12-17,21,35H,10-11,18H2,1-9H3,(H,31,32)(H,33,34). The normalized spacial score (nSPS) is 14.6. The summed E-state index contributed by atoms with van der Waals surface area (Å²) in [6.07, 6.45) is 1.73. The second-order valence-electron chi connectivity index (χ2n) is 11.1. The van der Waals surface area contributed by atoms with Crippen LogP contribution in [0.15, 0.2) is 36.4 Å². The highest BCUT2D eigenvalue weighted by Gasteiger charge is 2.36. The van der Waals surface area contributed by atoms with Crippen molar-refractivity contribution < 1.29 is 24.5 Å². The van der Waals surface area contributed by atoms with E-state index in [0.29, 0.717) is 5.56 Å². The lowest BCUT2D eigenvalue weighted by atomic mass is 9.70. The number of carbonyl (C=O) groups excluding carboxylic acids is 1. The van der Waals surface area contributed by atoms with Gasteiger partial charge in [0.2, 0.25) is 0 Å². The van der Waals surface area contributed by atoms with E-state index < -0.39 is 23.5 Å². The quantitative estimate of drug-likeness (QED) is 0.386. The molecule has 0 aromatic heterocycles. The molecule has 2 aromatic rings. The molecule has 0 spiro atoms. The summed E-state index contributed by atoms with van der Waals surface area (Å²) < 4.78 is 6.04. The smallest absolute Gasteiger partial charge is 0.325 e. The van der Waals surface area contributed by atoms with Gasteiger partial charge in [-0.3, -0.25) is 9.59 Å². The van der Waals surface area contributed by atoms with Crippen molar-refractivity contribution in [3.05, 3.63) is 64.2 Å². The van der Waals surface area contributed by atoms with Crippen LogP contribution >= 0.6 is 0 Å². The first-order valence-electron chi connectivity index (χ1n) is 12.7.